The molecule has 2 rings (SSSR count). The van der Waals surface area contributed by atoms with Gasteiger partial charge in [-0.3, -0.25) is 9.48 Å². The van der Waals surface area contributed by atoms with E-state index in [0.717, 1.165) is 0 Å². The lowest BCUT2D eigenvalue weighted by molar-refractivity contribution is -0.141. The first-order valence-electron chi connectivity index (χ1n) is 6.33. The average Bonchev–Trinajstić information content (AvgIpc) is 2.91. The molecule has 2 atom stereocenters. The number of rotatable bonds is 5. The van der Waals surface area contributed by atoms with Gasteiger partial charge in [0.15, 0.2) is 0 Å². The van der Waals surface area contributed by atoms with Gasteiger partial charge in [-0.05, 0) is 6.07 Å². The third kappa shape index (κ3) is 5.80. The summed E-state index contributed by atoms with van der Waals surface area (Å²) in [7, 11) is 1.53. The maximum absolute atomic E-state index is 12.1. The fourth-order valence-electron chi connectivity index (χ4n) is 2.13. The largest absolute Gasteiger partial charge is 0.383 e. The van der Waals surface area contributed by atoms with Crippen LogP contribution in [-0.4, -0.2) is 66.1 Å². The van der Waals surface area contributed by atoms with Gasteiger partial charge in [0.1, 0.15) is 6.04 Å². The van der Waals surface area contributed by atoms with Gasteiger partial charge in [0.05, 0.1) is 25.9 Å². The Morgan fingerprint density at radius 1 is 1.57 bits per heavy atom. The van der Waals surface area contributed by atoms with E-state index in [4.69, 9.17) is 15.2 Å². The van der Waals surface area contributed by atoms with Crippen LogP contribution in [0.5, 0.6) is 0 Å². The summed E-state index contributed by atoms with van der Waals surface area (Å²) in [5.74, 6) is -0.0874. The Bertz CT molecular complexity index is 405. The molecule has 1 aliphatic heterocycles. The van der Waals surface area contributed by atoms with Crippen molar-refractivity contribution in [3.05, 3.63) is 18.5 Å². The normalized spacial score (nSPS) is 19.3. The second-order valence-electron chi connectivity index (χ2n) is 4.57. The van der Waals surface area contributed by atoms with Gasteiger partial charge in [0, 0.05) is 32.6 Å². The summed E-state index contributed by atoms with van der Waals surface area (Å²) in [5.41, 5.74) is 5.77. The number of carbonyl (C=O) groups is 1. The van der Waals surface area contributed by atoms with Gasteiger partial charge >= 0.3 is 0 Å². The molecule has 21 heavy (non-hydrogen) atoms. The number of nitrogens with zero attached hydrogens (tertiary/aromatic N) is 3. The van der Waals surface area contributed by atoms with Gasteiger partial charge < -0.3 is 20.1 Å². The highest BCUT2D eigenvalue weighted by atomic mass is 35.5. The number of halogens is 2. The van der Waals surface area contributed by atoms with E-state index in [0.29, 0.717) is 26.2 Å². The second-order valence-corrected chi connectivity index (χ2v) is 4.57. The van der Waals surface area contributed by atoms with E-state index in [1.807, 2.05) is 12.3 Å². The van der Waals surface area contributed by atoms with Crippen molar-refractivity contribution in [1.82, 2.24) is 14.7 Å². The van der Waals surface area contributed by atoms with Crippen LogP contribution >= 0.6 is 24.8 Å². The predicted molar refractivity (Wildman–Crippen MR) is 82.9 cm³/mol. The molecule has 0 aliphatic carbocycles. The Labute approximate surface area is 136 Å². The number of morpholine rings is 1. The first-order valence-corrected chi connectivity index (χ1v) is 6.33. The number of amides is 1. The summed E-state index contributed by atoms with van der Waals surface area (Å²) >= 11 is 0. The maximum Gasteiger partial charge on any atom is 0.242 e. The number of methoxy groups -OCH3 is 1. The van der Waals surface area contributed by atoms with Gasteiger partial charge in [-0.15, -0.1) is 24.8 Å². The number of carbonyl (C=O) groups excluding carboxylic acids is 1. The molecule has 1 amide bonds. The Hall–Kier alpha value is -0.860. The Morgan fingerprint density at radius 2 is 2.33 bits per heavy atom. The summed E-state index contributed by atoms with van der Waals surface area (Å²) in [4.78, 5) is 13.8. The molecule has 2 heterocycles. The van der Waals surface area contributed by atoms with E-state index < -0.39 is 6.04 Å². The van der Waals surface area contributed by atoms with E-state index in [-0.39, 0.29) is 43.4 Å². The van der Waals surface area contributed by atoms with Crippen LogP contribution in [0.1, 0.15) is 0 Å². The van der Waals surface area contributed by atoms with Crippen LogP contribution in [0.3, 0.4) is 0 Å². The topological polar surface area (TPSA) is 82.6 Å². The van der Waals surface area contributed by atoms with E-state index in [2.05, 4.69) is 5.10 Å². The highest BCUT2D eigenvalue weighted by Gasteiger charge is 2.27. The zero-order valence-corrected chi connectivity index (χ0v) is 13.5. The highest BCUT2D eigenvalue weighted by Crippen LogP contribution is 2.08. The molecule has 0 saturated carbocycles. The van der Waals surface area contributed by atoms with Gasteiger partial charge in [0.2, 0.25) is 5.91 Å². The standard InChI is InChI=1S/C12H20N4O3.2ClH/c1-18-9-11(13)12(17)15-5-6-19-10(7-15)8-16-4-2-3-14-16;;/h2-4,10-11H,5-9,13H2,1H3;2*1H. The molecule has 0 radical (unpaired) electrons. The van der Waals surface area contributed by atoms with Crippen molar-refractivity contribution in [2.24, 2.45) is 5.73 Å². The molecule has 2 N–H and O–H groups in total. The summed E-state index contributed by atoms with van der Waals surface area (Å²) in [6, 6.07) is 1.26. The minimum absolute atomic E-state index is 0. The number of aromatic nitrogens is 2. The minimum atomic E-state index is -0.603. The van der Waals surface area contributed by atoms with Crippen molar-refractivity contribution >= 4 is 30.7 Å². The molecule has 1 aromatic heterocycles. The quantitative estimate of drug-likeness (QED) is 0.811. The molecule has 0 aromatic carbocycles. The van der Waals surface area contributed by atoms with Crippen molar-refractivity contribution in [2.45, 2.75) is 18.7 Å². The molecule has 7 nitrogen and oxygen atoms in total. The Morgan fingerprint density at radius 3 is 2.95 bits per heavy atom. The maximum atomic E-state index is 12.1. The minimum Gasteiger partial charge on any atom is -0.383 e. The fraction of sp³-hybridized carbons (Fsp3) is 0.667. The van der Waals surface area contributed by atoms with Crippen molar-refractivity contribution in [3.63, 3.8) is 0 Å². The fourth-order valence-corrected chi connectivity index (χ4v) is 2.13. The highest BCUT2D eigenvalue weighted by molar-refractivity contribution is 5.85. The van der Waals surface area contributed by atoms with E-state index in [1.165, 1.54) is 7.11 Å². The van der Waals surface area contributed by atoms with E-state index >= 15 is 0 Å². The van der Waals surface area contributed by atoms with Crippen LogP contribution in [0.4, 0.5) is 0 Å². The average molecular weight is 341 g/mol. The molecule has 9 heteroatoms. The van der Waals surface area contributed by atoms with Crippen LogP contribution < -0.4 is 5.73 Å². The van der Waals surface area contributed by atoms with Crippen LogP contribution in [0, 0.1) is 0 Å². The lowest BCUT2D eigenvalue weighted by Gasteiger charge is -2.34. The third-order valence-corrected chi connectivity index (χ3v) is 3.06. The third-order valence-electron chi connectivity index (χ3n) is 3.06. The van der Waals surface area contributed by atoms with Gasteiger partial charge in [-0.25, -0.2) is 0 Å². The van der Waals surface area contributed by atoms with Crippen molar-refractivity contribution in [3.8, 4) is 0 Å². The Kier molecular flexibility index (Phi) is 9.56. The molecule has 122 valence electrons. The molecule has 0 bridgehead atoms. The first-order chi connectivity index (χ1) is 9.20. The molecule has 1 aliphatic rings. The molecular formula is C12H22Cl2N4O3. The van der Waals surface area contributed by atoms with Crippen molar-refractivity contribution in [2.75, 3.05) is 33.4 Å². The second kappa shape index (κ2) is 9.97. The molecule has 1 fully saturated rings. The van der Waals surface area contributed by atoms with Gasteiger partial charge in [-0.2, -0.15) is 5.10 Å². The Balaban J connectivity index is 0.00000200. The molecule has 0 spiro atoms. The zero-order chi connectivity index (χ0) is 13.7. The summed E-state index contributed by atoms with van der Waals surface area (Å²) in [6.07, 6.45) is 3.55. The predicted octanol–water partition coefficient (Wildman–Crippen LogP) is -0.0722. The first kappa shape index (κ1) is 20.1. The van der Waals surface area contributed by atoms with Crippen LogP contribution in [0.15, 0.2) is 18.5 Å². The van der Waals surface area contributed by atoms with Gasteiger partial charge in [0.25, 0.3) is 0 Å². The lowest BCUT2D eigenvalue weighted by atomic mass is 10.2. The van der Waals surface area contributed by atoms with Crippen molar-refractivity contribution < 1.29 is 14.3 Å². The zero-order valence-electron chi connectivity index (χ0n) is 11.9. The number of hydrogen-bond donors (Lipinski definition) is 1. The molecule has 2 unspecified atom stereocenters. The summed E-state index contributed by atoms with van der Waals surface area (Å²) in [5, 5.41) is 4.13. The number of hydrogen-bond acceptors (Lipinski definition) is 5. The SMILES string of the molecule is COCC(N)C(=O)N1CCOC(Cn2cccn2)C1.Cl.Cl. The summed E-state index contributed by atoms with van der Waals surface area (Å²) in [6.45, 7) is 2.51. The van der Waals surface area contributed by atoms with E-state index in [1.54, 1.807) is 15.8 Å². The molecule has 1 saturated heterocycles. The van der Waals surface area contributed by atoms with Crippen LogP contribution in [0.25, 0.3) is 0 Å². The van der Waals surface area contributed by atoms with Gasteiger partial charge in [-0.1, -0.05) is 0 Å². The van der Waals surface area contributed by atoms with Crippen LogP contribution in [-0.2, 0) is 20.8 Å². The number of nitrogens with two attached hydrogens (primary N) is 1. The van der Waals surface area contributed by atoms with Crippen LogP contribution in [0.2, 0.25) is 0 Å². The van der Waals surface area contributed by atoms with Crippen molar-refractivity contribution in [1.29, 1.82) is 0 Å². The lowest BCUT2D eigenvalue weighted by Crippen LogP contribution is -2.53. The number of ether oxygens (including phenoxy) is 2. The molecule has 1 aromatic rings. The smallest absolute Gasteiger partial charge is 0.242 e. The molecular weight excluding hydrogens is 319 g/mol. The summed E-state index contributed by atoms with van der Waals surface area (Å²) < 4.78 is 12.4. The van der Waals surface area contributed by atoms with E-state index in [9.17, 15) is 4.79 Å². The monoisotopic (exact) mass is 340 g/mol.